The average Bonchev–Trinajstić information content (AvgIpc) is 3.34. The Morgan fingerprint density at radius 3 is 2.35 bits per heavy atom. The Hall–Kier alpha value is -0.900. The fourth-order valence-electron chi connectivity index (χ4n) is 3.33. The summed E-state index contributed by atoms with van der Waals surface area (Å²) in [6.45, 7) is 5.68. The summed E-state index contributed by atoms with van der Waals surface area (Å²) in [5.41, 5.74) is 7.45. The van der Waals surface area contributed by atoms with Gasteiger partial charge >= 0.3 is 0 Å². The number of hydrogen-bond donors (Lipinski definition) is 1. The van der Waals surface area contributed by atoms with E-state index < -0.39 is 0 Å². The Morgan fingerprint density at radius 1 is 1.05 bits per heavy atom. The standard InChI is InChI=1S/C17H27N3/c18-14-17(7-6-15-4-2-1-3-5-15)20-12-10-19(11-13-20)16-8-9-16/h1-5,16-17H,6-14,18H2. The van der Waals surface area contributed by atoms with E-state index in [4.69, 9.17) is 5.73 Å². The van der Waals surface area contributed by atoms with E-state index in [9.17, 15) is 0 Å². The van der Waals surface area contributed by atoms with Gasteiger partial charge in [-0.15, -0.1) is 0 Å². The molecule has 0 amide bonds. The van der Waals surface area contributed by atoms with Crippen molar-refractivity contribution in [1.82, 2.24) is 9.80 Å². The predicted octanol–water partition coefficient (Wildman–Crippen LogP) is 1.73. The van der Waals surface area contributed by atoms with Crippen LogP contribution in [0.4, 0.5) is 0 Å². The lowest BCUT2D eigenvalue weighted by atomic mass is 10.0. The van der Waals surface area contributed by atoms with Crippen LogP contribution in [0.3, 0.4) is 0 Å². The summed E-state index contributed by atoms with van der Waals surface area (Å²) in [7, 11) is 0. The van der Waals surface area contributed by atoms with E-state index in [2.05, 4.69) is 40.1 Å². The number of hydrogen-bond acceptors (Lipinski definition) is 3. The minimum absolute atomic E-state index is 0.552. The van der Waals surface area contributed by atoms with Crippen molar-refractivity contribution >= 4 is 0 Å². The molecule has 1 aliphatic heterocycles. The molecule has 0 spiro atoms. The summed E-state index contributed by atoms with van der Waals surface area (Å²) in [6.07, 6.45) is 5.18. The number of aryl methyl sites for hydroxylation is 1. The Bertz CT molecular complexity index is 394. The predicted molar refractivity (Wildman–Crippen MR) is 83.8 cm³/mol. The molecule has 110 valence electrons. The second kappa shape index (κ2) is 6.70. The van der Waals surface area contributed by atoms with Crippen LogP contribution in [-0.2, 0) is 6.42 Å². The van der Waals surface area contributed by atoms with Crippen LogP contribution in [0.15, 0.2) is 30.3 Å². The second-order valence-electron chi connectivity index (χ2n) is 6.22. The van der Waals surface area contributed by atoms with Crippen molar-refractivity contribution < 1.29 is 0 Å². The van der Waals surface area contributed by atoms with Gasteiger partial charge in [0.1, 0.15) is 0 Å². The molecule has 3 heteroatoms. The van der Waals surface area contributed by atoms with Crippen molar-refractivity contribution in [2.75, 3.05) is 32.7 Å². The van der Waals surface area contributed by atoms with Gasteiger partial charge in [0.05, 0.1) is 0 Å². The maximum atomic E-state index is 6.02. The van der Waals surface area contributed by atoms with E-state index in [0.29, 0.717) is 6.04 Å². The van der Waals surface area contributed by atoms with Crippen LogP contribution in [-0.4, -0.2) is 54.6 Å². The topological polar surface area (TPSA) is 32.5 Å². The molecule has 1 saturated heterocycles. The first-order valence-electron chi connectivity index (χ1n) is 8.09. The third-order valence-electron chi connectivity index (χ3n) is 4.81. The highest BCUT2D eigenvalue weighted by Gasteiger charge is 2.32. The zero-order chi connectivity index (χ0) is 13.8. The highest BCUT2D eigenvalue weighted by atomic mass is 15.3. The molecular weight excluding hydrogens is 246 g/mol. The monoisotopic (exact) mass is 273 g/mol. The SMILES string of the molecule is NCC(CCc1ccccc1)N1CCN(C2CC2)CC1. The van der Waals surface area contributed by atoms with Gasteiger partial charge in [-0.05, 0) is 31.2 Å². The number of rotatable bonds is 6. The van der Waals surface area contributed by atoms with Gasteiger partial charge in [-0.25, -0.2) is 0 Å². The van der Waals surface area contributed by atoms with Crippen LogP contribution in [0.2, 0.25) is 0 Å². The lowest BCUT2D eigenvalue weighted by molar-refractivity contribution is 0.0906. The Labute approximate surface area is 122 Å². The maximum Gasteiger partial charge on any atom is 0.0222 e. The number of piperazine rings is 1. The number of nitrogens with two attached hydrogens (primary N) is 1. The zero-order valence-corrected chi connectivity index (χ0v) is 12.4. The van der Waals surface area contributed by atoms with Crippen molar-refractivity contribution in [1.29, 1.82) is 0 Å². The second-order valence-corrected chi connectivity index (χ2v) is 6.22. The Balaban J connectivity index is 1.46. The summed E-state index contributed by atoms with van der Waals surface area (Å²) < 4.78 is 0. The molecule has 1 atom stereocenters. The first kappa shape index (κ1) is 14.1. The molecule has 2 aliphatic rings. The van der Waals surface area contributed by atoms with Gasteiger partial charge in [-0.1, -0.05) is 30.3 Å². The van der Waals surface area contributed by atoms with Crippen molar-refractivity contribution in [2.45, 2.75) is 37.8 Å². The average molecular weight is 273 g/mol. The quantitative estimate of drug-likeness (QED) is 0.857. The minimum Gasteiger partial charge on any atom is -0.329 e. The molecule has 1 aromatic rings. The third-order valence-corrected chi connectivity index (χ3v) is 4.81. The van der Waals surface area contributed by atoms with Gasteiger partial charge in [-0.2, -0.15) is 0 Å². The van der Waals surface area contributed by atoms with E-state index in [1.165, 1.54) is 51.0 Å². The summed E-state index contributed by atoms with van der Waals surface area (Å²) >= 11 is 0. The maximum absolute atomic E-state index is 6.02. The fraction of sp³-hybridized carbons (Fsp3) is 0.647. The van der Waals surface area contributed by atoms with Gasteiger partial charge < -0.3 is 5.73 Å². The van der Waals surface area contributed by atoms with Crippen molar-refractivity contribution in [2.24, 2.45) is 5.73 Å². The molecule has 1 heterocycles. The molecule has 3 rings (SSSR count). The molecule has 3 nitrogen and oxygen atoms in total. The van der Waals surface area contributed by atoms with Crippen LogP contribution in [0.1, 0.15) is 24.8 Å². The van der Waals surface area contributed by atoms with Crippen LogP contribution >= 0.6 is 0 Å². The summed E-state index contributed by atoms with van der Waals surface area (Å²) in [6, 6.07) is 12.2. The lowest BCUT2D eigenvalue weighted by Crippen LogP contribution is -2.52. The van der Waals surface area contributed by atoms with Crippen molar-refractivity contribution in [3.05, 3.63) is 35.9 Å². The van der Waals surface area contributed by atoms with E-state index >= 15 is 0 Å². The smallest absolute Gasteiger partial charge is 0.0222 e. The van der Waals surface area contributed by atoms with Crippen molar-refractivity contribution in [3.63, 3.8) is 0 Å². The number of nitrogens with zero attached hydrogens (tertiary/aromatic N) is 2. The first-order valence-corrected chi connectivity index (χ1v) is 8.09. The first-order chi connectivity index (χ1) is 9.86. The van der Waals surface area contributed by atoms with Gasteiger partial charge in [0, 0.05) is 44.8 Å². The largest absolute Gasteiger partial charge is 0.329 e. The van der Waals surface area contributed by atoms with E-state index in [1.807, 2.05) is 0 Å². The molecule has 1 saturated carbocycles. The minimum atomic E-state index is 0.552. The van der Waals surface area contributed by atoms with Gasteiger partial charge in [0.2, 0.25) is 0 Å². The zero-order valence-electron chi connectivity index (χ0n) is 12.4. The Morgan fingerprint density at radius 2 is 1.75 bits per heavy atom. The van der Waals surface area contributed by atoms with Gasteiger partial charge in [-0.3, -0.25) is 9.80 Å². The van der Waals surface area contributed by atoms with Crippen molar-refractivity contribution in [3.8, 4) is 0 Å². The fourth-order valence-corrected chi connectivity index (χ4v) is 3.33. The highest BCUT2D eigenvalue weighted by Crippen LogP contribution is 2.27. The van der Waals surface area contributed by atoms with E-state index in [1.54, 1.807) is 0 Å². The summed E-state index contributed by atoms with van der Waals surface area (Å²) in [4.78, 5) is 5.28. The summed E-state index contributed by atoms with van der Waals surface area (Å²) in [5.74, 6) is 0. The van der Waals surface area contributed by atoms with Crippen LogP contribution in [0.25, 0.3) is 0 Å². The molecule has 0 radical (unpaired) electrons. The molecule has 2 N–H and O–H groups in total. The van der Waals surface area contributed by atoms with E-state index in [-0.39, 0.29) is 0 Å². The van der Waals surface area contributed by atoms with Gasteiger partial charge in [0.25, 0.3) is 0 Å². The third kappa shape index (κ3) is 3.60. The Kier molecular flexibility index (Phi) is 4.71. The molecule has 2 fully saturated rings. The number of benzene rings is 1. The lowest BCUT2D eigenvalue weighted by Gasteiger charge is -2.39. The van der Waals surface area contributed by atoms with Crippen LogP contribution in [0.5, 0.6) is 0 Å². The molecule has 1 aromatic carbocycles. The highest BCUT2D eigenvalue weighted by molar-refractivity contribution is 5.14. The normalized spacial score (nSPS) is 22.9. The molecule has 1 aliphatic carbocycles. The molecule has 0 aromatic heterocycles. The van der Waals surface area contributed by atoms with E-state index in [0.717, 1.165) is 19.0 Å². The molecular formula is C17H27N3. The molecule has 20 heavy (non-hydrogen) atoms. The van der Waals surface area contributed by atoms with Crippen LogP contribution < -0.4 is 5.73 Å². The molecule has 0 bridgehead atoms. The molecule has 1 unspecified atom stereocenters. The summed E-state index contributed by atoms with van der Waals surface area (Å²) in [5, 5.41) is 0. The van der Waals surface area contributed by atoms with Gasteiger partial charge in [0.15, 0.2) is 0 Å². The van der Waals surface area contributed by atoms with Crippen LogP contribution in [0, 0.1) is 0 Å².